The van der Waals surface area contributed by atoms with Crippen molar-refractivity contribution in [2.45, 2.75) is 0 Å². The average Bonchev–Trinajstić information content (AvgIpc) is 2.80. The molecule has 3 heterocycles. The number of fused-ring (bicyclic) bond motifs is 1. The van der Waals surface area contributed by atoms with Crippen LogP contribution in [0.4, 0.5) is 5.82 Å². The first-order chi connectivity index (χ1) is 8.65. The molecule has 10 heteroatoms. The van der Waals surface area contributed by atoms with Crippen LogP contribution in [0, 0.1) is 0 Å². The summed E-state index contributed by atoms with van der Waals surface area (Å²) in [7, 11) is 1.65. The molecule has 0 radical (unpaired) electrons. The van der Waals surface area contributed by atoms with Gasteiger partial charge in [-0.15, -0.1) is 14.8 Å². The maximum Gasteiger partial charge on any atom is 0.324 e. The second-order valence-electron chi connectivity index (χ2n) is 3.73. The molecule has 0 unspecified atom stereocenters. The van der Waals surface area contributed by atoms with E-state index in [9.17, 15) is 9.59 Å². The zero-order valence-electron chi connectivity index (χ0n) is 9.31. The quantitative estimate of drug-likeness (QED) is 0.569. The van der Waals surface area contributed by atoms with Crippen molar-refractivity contribution in [3.05, 3.63) is 12.1 Å². The lowest BCUT2D eigenvalue weighted by molar-refractivity contribution is -0.143. The third-order valence-corrected chi connectivity index (χ3v) is 2.42. The van der Waals surface area contributed by atoms with E-state index in [0.29, 0.717) is 11.5 Å². The van der Waals surface area contributed by atoms with Crippen molar-refractivity contribution in [3.63, 3.8) is 0 Å². The summed E-state index contributed by atoms with van der Waals surface area (Å²) >= 11 is 0. The van der Waals surface area contributed by atoms with Crippen LogP contribution in [-0.4, -0.2) is 55.8 Å². The third kappa shape index (κ3) is 1.55. The Bertz CT molecular complexity index is 637. The average molecular weight is 248 g/mol. The van der Waals surface area contributed by atoms with Gasteiger partial charge in [0.2, 0.25) is 0 Å². The molecular weight excluding hydrogens is 240 g/mol. The van der Waals surface area contributed by atoms with Gasteiger partial charge in [-0.1, -0.05) is 0 Å². The van der Waals surface area contributed by atoms with Gasteiger partial charge in [0.05, 0.1) is 6.67 Å². The lowest BCUT2D eigenvalue weighted by atomic mass is 10.4. The Morgan fingerprint density at radius 3 is 3.00 bits per heavy atom. The Kier molecular flexibility index (Phi) is 2.16. The minimum absolute atomic E-state index is 0.200. The molecule has 1 fully saturated rings. The number of aromatic nitrogens is 5. The summed E-state index contributed by atoms with van der Waals surface area (Å²) in [6.45, 7) is 0.200. The Balaban J connectivity index is 2.01. The molecule has 1 aliphatic rings. The van der Waals surface area contributed by atoms with E-state index in [2.05, 4.69) is 26.0 Å². The van der Waals surface area contributed by atoms with Gasteiger partial charge in [0, 0.05) is 7.05 Å². The number of anilines is 1. The van der Waals surface area contributed by atoms with Gasteiger partial charge in [-0.2, -0.15) is 0 Å². The van der Waals surface area contributed by atoms with Crippen molar-refractivity contribution in [1.29, 1.82) is 0 Å². The molecule has 3 rings (SSSR count). The van der Waals surface area contributed by atoms with Crippen LogP contribution >= 0.6 is 0 Å². The molecule has 0 spiro atoms. The molecule has 0 bridgehead atoms. The molecule has 1 N–H and O–H groups in total. The molecule has 0 saturated carbocycles. The number of hydrazine groups is 1. The largest absolute Gasteiger partial charge is 0.324 e. The van der Waals surface area contributed by atoms with Crippen molar-refractivity contribution in [2.24, 2.45) is 0 Å². The predicted octanol–water partition coefficient (Wildman–Crippen LogP) is -2.21. The van der Waals surface area contributed by atoms with E-state index in [-0.39, 0.29) is 6.67 Å². The summed E-state index contributed by atoms with van der Waals surface area (Å²) in [6, 6.07) is 3.19. The van der Waals surface area contributed by atoms with Crippen LogP contribution in [0.3, 0.4) is 0 Å². The van der Waals surface area contributed by atoms with Crippen LogP contribution in [0.1, 0.15) is 0 Å². The van der Waals surface area contributed by atoms with Gasteiger partial charge >= 0.3 is 11.8 Å². The molecule has 0 aromatic carbocycles. The Labute approximate surface area is 100 Å². The zero-order chi connectivity index (χ0) is 12.7. The van der Waals surface area contributed by atoms with Crippen LogP contribution in [0.15, 0.2) is 12.1 Å². The second kappa shape index (κ2) is 3.70. The SMILES string of the molecule is CN1CN(c2ccc3nnnn3n2)C(=O)C(=O)N1. The lowest BCUT2D eigenvalue weighted by Crippen LogP contribution is -2.59. The monoisotopic (exact) mass is 248 g/mol. The number of nitrogens with one attached hydrogen (secondary N) is 1. The Hall–Kier alpha value is -2.62. The molecule has 2 aromatic rings. The number of carbonyl (C=O) groups is 2. The highest BCUT2D eigenvalue weighted by Crippen LogP contribution is 2.13. The summed E-state index contributed by atoms with van der Waals surface area (Å²) < 4.78 is 1.19. The van der Waals surface area contributed by atoms with E-state index in [1.807, 2.05) is 0 Å². The van der Waals surface area contributed by atoms with E-state index in [4.69, 9.17) is 0 Å². The number of rotatable bonds is 1. The van der Waals surface area contributed by atoms with Gasteiger partial charge in [0.1, 0.15) is 0 Å². The van der Waals surface area contributed by atoms with Crippen molar-refractivity contribution in [3.8, 4) is 0 Å². The minimum Gasteiger partial charge on any atom is -0.279 e. The number of amides is 2. The second-order valence-corrected chi connectivity index (χ2v) is 3.73. The standard InChI is InChI=1S/C8H8N8O2/c1-14-4-15(8(18)7(17)11-14)6-3-2-5-9-12-13-16(5)10-6/h2-3H,4H2,1H3,(H,11,17). The fourth-order valence-corrected chi connectivity index (χ4v) is 1.62. The van der Waals surface area contributed by atoms with Crippen LogP contribution in [0.5, 0.6) is 0 Å². The number of hydrogen-bond acceptors (Lipinski definition) is 7. The fourth-order valence-electron chi connectivity index (χ4n) is 1.62. The fraction of sp³-hybridized carbons (Fsp3) is 0.250. The normalized spacial score (nSPS) is 17.3. The first-order valence-corrected chi connectivity index (χ1v) is 5.04. The molecule has 92 valence electrons. The highest BCUT2D eigenvalue weighted by Gasteiger charge is 2.31. The van der Waals surface area contributed by atoms with Crippen molar-refractivity contribution < 1.29 is 9.59 Å². The predicted molar refractivity (Wildman–Crippen MR) is 56.8 cm³/mol. The van der Waals surface area contributed by atoms with Gasteiger partial charge in [0.25, 0.3) is 0 Å². The van der Waals surface area contributed by atoms with Crippen molar-refractivity contribution in [2.75, 3.05) is 18.6 Å². The van der Waals surface area contributed by atoms with Crippen LogP contribution in [-0.2, 0) is 9.59 Å². The summed E-state index contributed by atoms with van der Waals surface area (Å²) in [6.07, 6.45) is 0. The molecule has 1 saturated heterocycles. The van der Waals surface area contributed by atoms with E-state index in [1.54, 1.807) is 19.2 Å². The van der Waals surface area contributed by atoms with Crippen molar-refractivity contribution >= 4 is 23.3 Å². The van der Waals surface area contributed by atoms with Gasteiger partial charge in [-0.3, -0.25) is 19.9 Å². The van der Waals surface area contributed by atoms with Crippen LogP contribution in [0.2, 0.25) is 0 Å². The minimum atomic E-state index is -0.706. The Morgan fingerprint density at radius 1 is 1.33 bits per heavy atom. The summed E-state index contributed by atoms with van der Waals surface area (Å²) in [5, 5.41) is 16.3. The number of nitrogens with zero attached hydrogens (tertiary/aromatic N) is 7. The third-order valence-electron chi connectivity index (χ3n) is 2.42. The molecule has 2 amide bonds. The van der Waals surface area contributed by atoms with E-state index in [1.165, 1.54) is 14.5 Å². The molecule has 2 aromatic heterocycles. The van der Waals surface area contributed by atoms with Gasteiger partial charge in [-0.25, -0.2) is 5.01 Å². The van der Waals surface area contributed by atoms with Gasteiger partial charge in [-0.05, 0) is 22.6 Å². The number of carbonyl (C=O) groups excluding carboxylic acids is 2. The highest BCUT2D eigenvalue weighted by molar-refractivity contribution is 6.40. The summed E-state index contributed by atoms with van der Waals surface area (Å²) in [4.78, 5) is 24.4. The zero-order valence-corrected chi connectivity index (χ0v) is 9.31. The van der Waals surface area contributed by atoms with Crippen molar-refractivity contribution in [1.82, 2.24) is 35.7 Å². The maximum atomic E-state index is 11.7. The first-order valence-electron chi connectivity index (χ1n) is 5.04. The maximum absolute atomic E-state index is 11.7. The van der Waals surface area contributed by atoms with Gasteiger partial charge in [0.15, 0.2) is 11.5 Å². The summed E-state index contributed by atoms with van der Waals surface area (Å²) in [5.74, 6) is -1.07. The number of tetrazole rings is 1. The van der Waals surface area contributed by atoms with Crippen LogP contribution < -0.4 is 10.3 Å². The topological polar surface area (TPSA) is 109 Å². The molecule has 18 heavy (non-hydrogen) atoms. The van der Waals surface area contributed by atoms with Gasteiger partial charge < -0.3 is 0 Å². The molecule has 0 atom stereocenters. The lowest BCUT2D eigenvalue weighted by Gasteiger charge is -2.31. The van der Waals surface area contributed by atoms with E-state index < -0.39 is 11.8 Å². The number of hydrogen-bond donors (Lipinski definition) is 1. The highest BCUT2D eigenvalue weighted by atomic mass is 16.2. The Morgan fingerprint density at radius 2 is 2.17 bits per heavy atom. The molecule has 0 aliphatic carbocycles. The van der Waals surface area contributed by atoms with E-state index in [0.717, 1.165) is 0 Å². The van der Waals surface area contributed by atoms with Crippen LogP contribution in [0.25, 0.3) is 5.65 Å². The summed E-state index contributed by atoms with van der Waals surface area (Å²) in [5.41, 5.74) is 2.85. The molecule has 10 nitrogen and oxygen atoms in total. The smallest absolute Gasteiger partial charge is 0.279 e. The van der Waals surface area contributed by atoms with E-state index >= 15 is 0 Å². The molecular formula is C8H8N8O2. The molecule has 1 aliphatic heterocycles. The first kappa shape index (κ1) is 10.5.